The predicted octanol–water partition coefficient (Wildman–Crippen LogP) is 0.516. The van der Waals surface area contributed by atoms with Crippen molar-refractivity contribution in [2.24, 2.45) is 0 Å². The molecule has 14 heavy (non-hydrogen) atoms. The molecule has 4 nitrogen and oxygen atoms in total. The van der Waals surface area contributed by atoms with E-state index in [1.165, 1.54) is 0 Å². The lowest BCUT2D eigenvalue weighted by Gasteiger charge is -2.10. The third kappa shape index (κ3) is 8.65. The molecule has 0 aromatic carbocycles. The van der Waals surface area contributed by atoms with Gasteiger partial charge in [-0.2, -0.15) is 0 Å². The van der Waals surface area contributed by atoms with Crippen LogP contribution in [0, 0.1) is 0 Å². The van der Waals surface area contributed by atoms with Crippen LogP contribution in [0.3, 0.4) is 0 Å². The molecule has 0 atom stereocenters. The molecule has 0 aliphatic carbocycles. The average Bonchev–Trinajstić information content (AvgIpc) is 2.22. The van der Waals surface area contributed by atoms with Gasteiger partial charge in [0.05, 0.1) is 0 Å². The molecule has 86 valence electrons. The zero-order valence-corrected chi connectivity index (χ0v) is 10.7. The van der Waals surface area contributed by atoms with E-state index in [1.54, 1.807) is 21.3 Å². The highest BCUT2D eigenvalue weighted by Crippen LogP contribution is 1.97. The van der Waals surface area contributed by atoms with Crippen LogP contribution < -0.4 is 5.32 Å². The molecular formula is C9H23NO3Si. The van der Waals surface area contributed by atoms with E-state index in [9.17, 15) is 0 Å². The third-order valence-corrected chi connectivity index (χ3v) is 3.95. The fraction of sp³-hybridized carbons (Fsp3) is 1.00. The fourth-order valence-corrected chi connectivity index (χ4v) is 2.39. The minimum atomic E-state index is -1.32. The number of nitrogens with one attached hydrogen (secondary N) is 1. The van der Waals surface area contributed by atoms with Crippen LogP contribution in [0.4, 0.5) is 0 Å². The molecule has 0 saturated carbocycles. The van der Waals surface area contributed by atoms with Gasteiger partial charge in [-0.3, -0.25) is 0 Å². The zero-order chi connectivity index (χ0) is 10.6. The van der Waals surface area contributed by atoms with Crippen LogP contribution >= 0.6 is 0 Å². The van der Waals surface area contributed by atoms with E-state index >= 15 is 0 Å². The van der Waals surface area contributed by atoms with Gasteiger partial charge in [0, 0.05) is 27.9 Å². The van der Waals surface area contributed by atoms with Crippen molar-refractivity contribution in [3.05, 3.63) is 0 Å². The summed E-state index contributed by atoms with van der Waals surface area (Å²) in [7, 11) is 3.87. The monoisotopic (exact) mass is 221 g/mol. The minimum absolute atomic E-state index is 0.834. The van der Waals surface area contributed by atoms with E-state index in [-0.39, 0.29) is 0 Å². The molecule has 0 aromatic heterocycles. The lowest BCUT2D eigenvalue weighted by atomic mass is 10.4. The largest absolute Gasteiger partial charge is 0.400 e. The Labute approximate surface area is 88.8 Å². The maximum Gasteiger partial charge on any atom is 0.320 e. The summed E-state index contributed by atoms with van der Waals surface area (Å²) in [5.41, 5.74) is 0. The van der Waals surface area contributed by atoms with Gasteiger partial charge in [-0.25, -0.2) is 0 Å². The normalized spacial score (nSPS) is 11.1. The zero-order valence-electron chi connectivity index (χ0n) is 9.54. The van der Waals surface area contributed by atoms with Gasteiger partial charge in [0.2, 0.25) is 0 Å². The van der Waals surface area contributed by atoms with Crippen LogP contribution in [-0.2, 0) is 13.6 Å². The first-order valence-electron chi connectivity index (χ1n) is 5.10. The van der Waals surface area contributed by atoms with Gasteiger partial charge < -0.3 is 18.9 Å². The number of hydrogen-bond donors (Lipinski definition) is 1. The van der Waals surface area contributed by atoms with Gasteiger partial charge in [0.25, 0.3) is 0 Å². The van der Waals surface area contributed by atoms with Gasteiger partial charge >= 0.3 is 9.28 Å². The first-order valence-corrected chi connectivity index (χ1v) is 6.86. The van der Waals surface area contributed by atoms with Crippen LogP contribution in [-0.4, -0.2) is 50.3 Å². The van der Waals surface area contributed by atoms with Gasteiger partial charge in [-0.15, -0.1) is 0 Å². The molecule has 5 heteroatoms. The van der Waals surface area contributed by atoms with Crippen molar-refractivity contribution in [3.63, 3.8) is 0 Å². The van der Waals surface area contributed by atoms with Crippen LogP contribution in [0.15, 0.2) is 0 Å². The SMILES string of the molecule is COCCCNCCC[SiH](OC)OC. The highest BCUT2D eigenvalue weighted by molar-refractivity contribution is 6.44. The lowest BCUT2D eigenvalue weighted by molar-refractivity contribution is 0.194. The highest BCUT2D eigenvalue weighted by atomic mass is 28.3. The van der Waals surface area contributed by atoms with Crippen molar-refractivity contribution in [2.75, 3.05) is 41.0 Å². The molecule has 1 N–H and O–H groups in total. The van der Waals surface area contributed by atoms with E-state index in [2.05, 4.69) is 5.32 Å². The molecule has 0 aliphatic rings. The van der Waals surface area contributed by atoms with Gasteiger partial charge in [0.1, 0.15) is 0 Å². The molecular weight excluding hydrogens is 198 g/mol. The smallest absolute Gasteiger partial charge is 0.320 e. The topological polar surface area (TPSA) is 39.7 Å². The fourth-order valence-electron chi connectivity index (χ4n) is 1.19. The maximum absolute atomic E-state index is 5.21. The number of methoxy groups -OCH3 is 1. The molecule has 0 heterocycles. The minimum Gasteiger partial charge on any atom is -0.400 e. The van der Waals surface area contributed by atoms with E-state index < -0.39 is 9.28 Å². The van der Waals surface area contributed by atoms with Crippen LogP contribution in [0.2, 0.25) is 6.04 Å². The molecule has 0 fully saturated rings. The quantitative estimate of drug-likeness (QED) is 0.431. The van der Waals surface area contributed by atoms with Crippen LogP contribution in [0.25, 0.3) is 0 Å². The second kappa shape index (κ2) is 11.1. The Bertz CT molecular complexity index is 112. The molecule has 0 rings (SSSR count). The van der Waals surface area contributed by atoms with Crippen molar-refractivity contribution in [3.8, 4) is 0 Å². The second-order valence-electron chi connectivity index (χ2n) is 3.14. The van der Waals surface area contributed by atoms with E-state index in [4.69, 9.17) is 13.6 Å². The summed E-state index contributed by atoms with van der Waals surface area (Å²) in [6, 6.07) is 1.07. The Morgan fingerprint density at radius 1 is 1.00 bits per heavy atom. The molecule has 0 aliphatic heterocycles. The number of hydrogen-bond acceptors (Lipinski definition) is 4. The molecule has 0 saturated heterocycles. The summed E-state index contributed by atoms with van der Waals surface area (Å²) in [4.78, 5) is 0. The molecule has 0 aromatic rings. The Kier molecular flexibility index (Phi) is 11.2. The van der Waals surface area contributed by atoms with E-state index in [1.807, 2.05) is 0 Å². The van der Waals surface area contributed by atoms with Crippen molar-refractivity contribution >= 4 is 9.28 Å². The summed E-state index contributed by atoms with van der Waals surface area (Å²) in [5, 5.41) is 3.35. The summed E-state index contributed by atoms with van der Waals surface area (Å²) < 4.78 is 15.4. The summed E-state index contributed by atoms with van der Waals surface area (Å²) in [6.07, 6.45) is 2.21. The Balaban J connectivity index is 3.04. The Hall–Kier alpha value is 0.0569. The molecule has 0 spiro atoms. The van der Waals surface area contributed by atoms with Gasteiger partial charge in [-0.1, -0.05) is 0 Å². The van der Waals surface area contributed by atoms with Gasteiger partial charge in [0.15, 0.2) is 0 Å². The summed E-state index contributed by atoms with van der Waals surface area (Å²) in [5.74, 6) is 0. The van der Waals surface area contributed by atoms with Crippen molar-refractivity contribution < 1.29 is 13.6 Å². The Morgan fingerprint density at radius 3 is 2.21 bits per heavy atom. The molecule has 0 unspecified atom stereocenters. The first kappa shape index (κ1) is 14.1. The molecule has 0 radical (unpaired) electrons. The van der Waals surface area contributed by atoms with Crippen molar-refractivity contribution in [1.82, 2.24) is 5.32 Å². The average molecular weight is 221 g/mol. The van der Waals surface area contributed by atoms with Crippen molar-refractivity contribution in [2.45, 2.75) is 18.9 Å². The van der Waals surface area contributed by atoms with E-state index in [0.29, 0.717) is 0 Å². The number of rotatable bonds is 10. The predicted molar refractivity (Wildman–Crippen MR) is 60.0 cm³/mol. The lowest BCUT2D eigenvalue weighted by Crippen LogP contribution is -2.23. The van der Waals surface area contributed by atoms with Crippen LogP contribution in [0.1, 0.15) is 12.8 Å². The number of ether oxygens (including phenoxy) is 1. The second-order valence-corrected chi connectivity index (χ2v) is 5.52. The first-order chi connectivity index (χ1) is 6.85. The summed E-state index contributed by atoms with van der Waals surface area (Å²) >= 11 is 0. The highest BCUT2D eigenvalue weighted by Gasteiger charge is 2.07. The molecule has 0 bridgehead atoms. The third-order valence-electron chi connectivity index (χ3n) is 2.02. The van der Waals surface area contributed by atoms with E-state index in [0.717, 1.165) is 38.6 Å². The van der Waals surface area contributed by atoms with Crippen LogP contribution in [0.5, 0.6) is 0 Å². The van der Waals surface area contributed by atoms with Gasteiger partial charge in [-0.05, 0) is 32.0 Å². The van der Waals surface area contributed by atoms with Crippen molar-refractivity contribution in [1.29, 1.82) is 0 Å². The molecule has 0 amide bonds. The Morgan fingerprint density at radius 2 is 1.64 bits per heavy atom. The summed E-state index contributed by atoms with van der Waals surface area (Å²) in [6.45, 7) is 2.90. The standard InChI is InChI=1S/C9H23NO3Si/c1-11-8-4-6-10-7-5-9-14(12-2)13-3/h10,14H,4-9H2,1-3H3. The maximum atomic E-state index is 5.21.